The van der Waals surface area contributed by atoms with Crippen molar-refractivity contribution in [3.63, 3.8) is 0 Å². The molecule has 1 saturated heterocycles. The molecule has 0 aromatic carbocycles. The monoisotopic (exact) mass is 470 g/mol. The third kappa shape index (κ3) is 5.79. The van der Waals surface area contributed by atoms with E-state index < -0.39 is 48.4 Å². The number of anilines is 1. The fourth-order valence-corrected chi connectivity index (χ4v) is 2.96. The molecule has 2 atom stereocenters. The molecule has 0 aliphatic carbocycles. The molecule has 1 fully saturated rings. The van der Waals surface area contributed by atoms with E-state index in [-0.39, 0.29) is 22.4 Å². The second kappa shape index (κ2) is 9.71. The van der Waals surface area contributed by atoms with Crippen molar-refractivity contribution in [1.29, 1.82) is 0 Å². The Kier molecular flexibility index (Phi) is 7.55. The molecular weight excluding hydrogens is 457 g/mol. The number of halogens is 4. The maximum atomic E-state index is 12.5. The van der Waals surface area contributed by atoms with Crippen molar-refractivity contribution in [2.75, 3.05) is 24.9 Å². The van der Waals surface area contributed by atoms with Gasteiger partial charge in [0.05, 0.1) is 6.04 Å². The van der Waals surface area contributed by atoms with Gasteiger partial charge in [0.1, 0.15) is 24.7 Å². The molecule has 4 amide bonds. The largest absolute Gasteiger partial charge is 0.471 e. The van der Waals surface area contributed by atoms with Gasteiger partial charge >= 0.3 is 12.1 Å². The summed E-state index contributed by atoms with van der Waals surface area (Å²) in [6.45, 7) is -0.558. The summed E-state index contributed by atoms with van der Waals surface area (Å²) in [5.41, 5.74) is -0.344. The highest BCUT2D eigenvalue weighted by Gasteiger charge is 2.44. The van der Waals surface area contributed by atoms with Gasteiger partial charge in [-0.25, -0.2) is 4.98 Å². The molecule has 1 aliphatic heterocycles. The lowest BCUT2D eigenvalue weighted by Gasteiger charge is -2.37. The van der Waals surface area contributed by atoms with Crippen LogP contribution in [0.4, 0.5) is 18.3 Å². The van der Waals surface area contributed by atoms with Gasteiger partial charge < -0.3 is 26.1 Å². The Morgan fingerprint density at radius 1 is 1.40 bits per heavy atom. The Hall–Kier alpha value is -2.94. The molecule has 0 saturated carbocycles. The second-order valence-electron chi connectivity index (χ2n) is 5.62. The summed E-state index contributed by atoms with van der Waals surface area (Å²) >= 11 is 6.35. The summed E-state index contributed by atoms with van der Waals surface area (Å²) in [7, 11) is 1.15. The SMILES string of the molecule is CO/N=C(\C(=O)NC1C(=O)NC1CNC(=O)C(F)(F)F)c1csc(NC(=O)CCl)n1. The van der Waals surface area contributed by atoms with Gasteiger partial charge in [0.25, 0.3) is 5.91 Å². The van der Waals surface area contributed by atoms with Gasteiger partial charge in [-0.1, -0.05) is 5.16 Å². The number of hydrogen-bond donors (Lipinski definition) is 4. The summed E-state index contributed by atoms with van der Waals surface area (Å²) in [6, 6.07) is -2.19. The zero-order valence-corrected chi connectivity index (χ0v) is 16.6. The van der Waals surface area contributed by atoms with Crippen molar-refractivity contribution in [3.8, 4) is 0 Å². The number of hydrogen-bond acceptors (Lipinski definition) is 8. The fraction of sp³-hybridized carbons (Fsp3) is 0.429. The summed E-state index contributed by atoms with van der Waals surface area (Å²) in [6.07, 6.45) is -5.08. The maximum absolute atomic E-state index is 12.5. The van der Waals surface area contributed by atoms with Gasteiger partial charge in [0, 0.05) is 11.9 Å². The van der Waals surface area contributed by atoms with Crippen molar-refractivity contribution in [3.05, 3.63) is 11.1 Å². The molecule has 16 heteroatoms. The lowest BCUT2D eigenvalue weighted by Crippen LogP contribution is -2.72. The van der Waals surface area contributed by atoms with Gasteiger partial charge in [-0.15, -0.1) is 22.9 Å². The number of alkyl halides is 4. The molecule has 30 heavy (non-hydrogen) atoms. The van der Waals surface area contributed by atoms with E-state index in [0.717, 1.165) is 18.4 Å². The predicted molar refractivity (Wildman–Crippen MR) is 97.9 cm³/mol. The first kappa shape index (κ1) is 23.3. The molecule has 0 radical (unpaired) electrons. The van der Waals surface area contributed by atoms with E-state index in [0.29, 0.717) is 0 Å². The van der Waals surface area contributed by atoms with E-state index in [2.05, 4.69) is 30.9 Å². The predicted octanol–water partition coefficient (Wildman–Crippen LogP) is -0.667. The van der Waals surface area contributed by atoms with Crippen molar-refractivity contribution < 1.29 is 37.2 Å². The number of aromatic nitrogens is 1. The number of oxime groups is 1. The number of nitrogens with zero attached hydrogens (tertiary/aromatic N) is 2. The second-order valence-corrected chi connectivity index (χ2v) is 6.74. The average molecular weight is 471 g/mol. The molecule has 0 bridgehead atoms. The summed E-state index contributed by atoms with van der Waals surface area (Å²) in [5, 5.41) is 13.6. The molecule has 0 spiro atoms. The van der Waals surface area contributed by atoms with Crippen molar-refractivity contribution in [2.45, 2.75) is 18.3 Å². The van der Waals surface area contributed by atoms with Crippen LogP contribution in [0, 0.1) is 0 Å². The number of carbonyl (C=O) groups excluding carboxylic acids is 4. The van der Waals surface area contributed by atoms with Crippen molar-refractivity contribution in [1.82, 2.24) is 20.9 Å². The van der Waals surface area contributed by atoms with Crippen LogP contribution in [0.2, 0.25) is 0 Å². The van der Waals surface area contributed by atoms with E-state index in [9.17, 15) is 32.3 Å². The zero-order valence-electron chi connectivity index (χ0n) is 15.0. The smallest absolute Gasteiger partial charge is 0.398 e. The Bertz CT molecular complexity index is 876. The highest BCUT2D eigenvalue weighted by Crippen LogP contribution is 2.17. The minimum atomic E-state index is -5.08. The topological polar surface area (TPSA) is 151 Å². The van der Waals surface area contributed by atoms with Crippen LogP contribution in [0.1, 0.15) is 5.69 Å². The maximum Gasteiger partial charge on any atom is 0.471 e. The quantitative estimate of drug-likeness (QED) is 0.171. The molecule has 1 aromatic rings. The summed E-state index contributed by atoms with van der Waals surface area (Å²) < 4.78 is 36.7. The molecule has 4 N–H and O–H groups in total. The number of rotatable bonds is 8. The van der Waals surface area contributed by atoms with Gasteiger partial charge in [0.2, 0.25) is 11.8 Å². The molecular formula is C14H14ClF3N6O5S. The zero-order chi connectivity index (χ0) is 22.5. The lowest BCUT2D eigenvalue weighted by atomic mass is 9.98. The van der Waals surface area contributed by atoms with Gasteiger partial charge in [-0.05, 0) is 0 Å². The normalized spacial score (nSPS) is 18.7. The summed E-state index contributed by atoms with van der Waals surface area (Å²) in [4.78, 5) is 55.0. The highest BCUT2D eigenvalue weighted by atomic mass is 35.5. The molecule has 2 rings (SSSR count). The van der Waals surface area contributed by atoms with Crippen LogP contribution in [0.15, 0.2) is 10.5 Å². The van der Waals surface area contributed by atoms with Crippen LogP contribution in [-0.4, -0.2) is 72.1 Å². The standard InChI is InChI=1S/C14H14ClF3N6O5S/c1-29-24-9(6-4-30-13(21-6)22-7(25)2-15)11(27)23-8-5(20-10(8)26)3-19-12(28)14(16,17)18/h4-5,8H,2-3H2,1H3,(H,19,28)(H,20,26)(H,23,27)(H,21,22,25)/b24-9-. The van der Waals surface area contributed by atoms with Crippen molar-refractivity contribution in [2.24, 2.45) is 5.16 Å². The van der Waals surface area contributed by atoms with Crippen LogP contribution in [0.3, 0.4) is 0 Å². The van der Waals surface area contributed by atoms with E-state index in [1.807, 2.05) is 0 Å². The molecule has 1 aliphatic rings. The van der Waals surface area contributed by atoms with Crippen LogP contribution in [-0.2, 0) is 24.0 Å². The van der Waals surface area contributed by atoms with E-state index >= 15 is 0 Å². The first-order chi connectivity index (χ1) is 14.1. The van der Waals surface area contributed by atoms with Gasteiger partial charge in [-0.3, -0.25) is 19.2 Å². The number of β-lactam (4-membered cyclic amide) rings is 1. The molecule has 164 valence electrons. The first-order valence-corrected chi connectivity index (χ1v) is 9.37. The molecule has 2 unspecified atom stereocenters. The third-order valence-electron chi connectivity index (χ3n) is 3.55. The number of nitrogens with one attached hydrogen (secondary N) is 4. The molecule has 11 nitrogen and oxygen atoms in total. The van der Waals surface area contributed by atoms with Crippen LogP contribution >= 0.6 is 22.9 Å². The fourth-order valence-electron chi connectivity index (χ4n) is 2.18. The van der Waals surface area contributed by atoms with E-state index in [4.69, 9.17) is 11.6 Å². The molecule has 2 heterocycles. The number of thiazole rings is 1. The van der Waals surface area contributed by atoms with Gasteiger partial charge in [-0.2, -0.15) is 13.2 Å². The summed E-state index contributed by atoms with van der Waals surface area (Å²) in [5.74, 6) is -4.59. The number of amides is 4. The molecule has 1 aromatic heterocycles. The number of carbonyl (C=O) groups is 4. The first-order valence-electron chi connectivity index (χ1n) is 7.96. The van der Waals surface area contributed by atoms with Crippen molar-refractivity contribution >= 4 is 57.4 Å². The highest BCUT2D eigenvalue weighted by molar-refractivity contribution is 7.14. The van der Waals surface area contributed by atoms with Crippen LogP contribution in [0.25, 0.3) is 0 Å². The Morgan fingerprint density at radius 2 is 2.10 bits per heavy atom. The Labute approximate surface area is 175 Å². The van der Waals surface area contributed by atoms with Gasteiger partial charge in [0.15, 0.2) is 10.8 Å². The van der Waals surface area contributed by atoms with E-state index in [1.165, 1.54) is 5.38 Å². The average Bonchev–Trinajstić information content (AvgIpc) is 3.13. The Balaban J connectivity index is 2.04. The lowest BCUT2D eigenvalue weighted by molar-refractivity contribution is -0.173. The van der Waals surface area contributed by atoms with E-state index in [1.54, 1.807) is 5.32 Å². The minimum Gasteiger partial charge on any atom is -0.398 e. The third-order valence-corrected chi connectivity index (χ3v) is 4.55. The minimum absolute atomic E-state index is 0.00544. The van der Waals surface area contributed by atoms with Crippen LogP contribution in [0.5, 0.6) is 0 Å². The van der Waals surface area contributed by atoms with Crippen LogP contribution < -0.4 is 21.3 Å². The Morgan fingerprint density at radius 3 is 2.67 bits per heavy atom.